The number of carbonyl (C=O) groups is 2. The highest BCUT2D eigenvalue weighted by Crippen LogP contribution is 2.13. The third-order valence-electron chi connectivity index (χ3n) is 2.50. The smallest absolute Gasteiger partial charge is 0.269 e. The second-order valence-electron chi connectivity index (χ2n) is 4.69. The van der Waals surface area contributed by atoms with E-state index in [0.29, 0.717) is 5.56 Å². The minimum atomic E-state index is -0.534. The molecule has 0 aromatic heterocycles. The maximum atomic E-state index is 12.0. The van der Waals surface area contributed by atoms with Gasteiger partial charge in [0.25, 0.3) is 11.6 Å². The van der Waals surface area contributed by atoms with Crippen LogP contribution in [0, 0.1) is 10.1 Å². The monoisotopic (exact) mass is 279 g/mol. The average Bonchev–Trinajstić information content (AvgIpc) is 2.36. The molecule has 0 aliphatic carbocycles. The number of amides is 2. The molecule has 0 aliphatic rings. The predicted molar refractivity (Wildman–Crippen MR) is 73.3 cm³/mol. The summed E-state index contributed by atoms with van der Waals surface area (Å²) in [6, 6.07) is 5.27. The van der Waals surface area contributed by atoms with Crippen LogP contribution in [-0.2, 0) is 4.79 Å². The molecule has 0 saturated carbocycles. The summed E-state index contributed by atoms with van der Waals surface area (Å²) in [7, 11) is 1.50. The molecule has 0 atom stereocenters. The van der Waals surface area contributed by atoms with E-state index in [1.54, 1.807) is 0 Å². The van der Waals surface area contributed by atoms with Crippen molar-refractivity contribution >= 4 is 17.5 Å². The molecule has 7 nitrogen and oxygen atoms in total. The number of carbonyl (C=O) groups excluding carboxylic acids is 2. The van der Waals surface area contributed by atoms with Gasteiger partial charge in [0.1, 0.15) is 0 Å². The quantitative estimate of drug-likeness (QED) is 0.647. The van der Waals surface area contributed by atoms with Gasteiger partial charge in [0.2, 0.25) is 5.91 Å². The summed E-state index contributed by atoms with van der Waals surface area (Å²) in [6.07, 6.45) is 0. The largest absolute Gasteiger partial charge is 0.352 e. The average molecular weight is 279 g/mol. The molecule has 1 aromatic rings. The van der Waals surface area contributed by atoms with Gasteiger partial charge in [-0.25, -0.2) is 0 Å². The van der Waals surface area contributed by atoms with Gasteiger partial charge in [-0.05, 0) is 26.0 Å². The van der Waals surface area contributed by atoms with E-state index in [2.05, 4.69) is 5.32 Å². The normalized spacial score (nSPS) is 10.2. The van der Waals surface area contributed by atoms with Crippen molar-refractivity contribution in [2.75, 3.05) is 13.6 Å². The van der Waals surface area contributed by atoms with Crippen molar-refractivity contribution in [1.82, 2.24) is 10.2 Å². The predicted octanol–water partition coefficient (Wildman–Crippen LogP) is 1.19. The highest BCUT2D eigenvalue weighted by molar-refractivity contribution is 5.96. The van der Waals surface area contributed by atoms with E-state index in [-0.39, 0.29) is 30.1 Å². The van der Waals surface area contributed by atoms with E-state index in [9.17, 15) is 19.7 Å². The summed E-state index contributed by atoms with van der Waals surface area (Å²) in [5.74, 6) is -0.614. The Balaban J connectivity index is 2.69. The summed E-state index contributed by atoms with van der Waals surface area (Å²) in [5, 5.41) is 13.2. The van der Waals surface area contributed by atoms with Crippen LogP contribution >= 0.6 is 0 Å². The number of hydrogen-bond donors (Lipinski definition) is 1. The van der Waals surface area contributed by atoms with Crippen LogP contribution in [0.15, 0.2) is 24.3 Å². The van der Waals surface area contributed by atoms with Crippen LogP contribution in [0.2, 0.25) is 0 Å². The molecule has 7 heteroatoms. The van der Waals surface area contributed by atoms with Crippen molar-refractivity contribution < 1.29 is 14.5 Å². The van der Waals surface area contributed by atoms with Crippen molar-refractivity contribution in [3.8, 4) is 0 Å². The van der Waals surface area contributed by atoms with Crippen LogP contribution in [0.4, 0.5) is 5.69 Å². The van der Waals surface area contributed by atoms with Gasteiger partial charge < -0.3 is 10.2 Å². The Morgan fingerprint density at radius 1 is 1.30 bits per heavy atom. The number of nitro benzene ring substituents is 1. The SMILES string of the molecule is CC(C)NC(=O)CN(C)C(=O)c1ccc([N+](=O)[O-])cc1. The number of hydrogen-bond acceptors (Lipinski definition) is 4. The van der Waals surface area contributed by atoms with Gasteiger partial charge in [-0.2, -0.15) is 0 Å². The first kappa shape index (κ1) is 15.6. The van der Waals surface area contributed by atoms with Crippen molar-refractivity contribution in [2.24, 2.45) is 0 Å². The lowest BCUT2D eigenvalue weighted by Gasteiger charge is -2.17. The number of nitro groups is 1. The van der Waals surface area contributed by atoms with Crippen molar-refractivity contribution in [2.45, 2.75) is 19.9 Å². The lowest BCUT2D eigenvalue weighted by Crippen LogP contribution is -2.40. The van der Waals surface area contributed by atoms with Crippen LogP contribution < -0.4 is 5.32 Å². The third kappa shape index (κ3) is 4.34. The molecule has 0 aliphatic heterocycles. The van der Waals surface area contributed by atoms with Crippen LogP contribution in [-0.4, -0.2) is 41.3 Å². The molecule has 0 fully saturated rings. The van der Waals surface area contributed by atoms with E-state index >= 15 is 0 Å². The van der Waals surface area contributed by atoms with Crippen molar-refractivity contribution in [3.05, 3.63) is 39.9 Å². The van der Waals surface area contributed by atoms with E-state index in [1.807, 2.05) is 13.8 Å². The Morgan fingerprint density at radius 3 is 2.30 bits per heavy atom. The molecule has 0 saturated heterocycles. The molecule has 2 amide bonds. The van der Waals surface area contributed by atoms with Crippen LogP contribution in [0.25, 0.3) is 0 Å². The molecule has 1 rings (SSSR count). The number of likely N-dealkylation sites (N-methyl/N-ethyl adjacent to an activating group) is 1. The van der Waals surface area contributed by atoms with Crippen LogP contribution in [0.1, 0.15) is 24.2 Å². The lowest BCUT2D eigenvalue weighted by molar-refractivity contribution is -0.384. The second-order valence-corrected chi connectivity index (χ2v) is 4.69. The molecular weight excluding hydrogens is 262 g/mol. The Bertz CT molecular complexity index is 511. The Morgan fingerprint density at radius 2 is 1.85 bits per heavy atom. The fraction of sp³-hybridized carbons (Fsp3) is 0.385. The summed E-state index contributed by atoms with van der Waals surface area (Å²) in [5.41, 5.74) is 0.220. The topological polar surface area (TPSA) is 92.6 Å². The second kappa shape index (κ2) is 6.65. The summed E-state index contributed by atoms with van der Waals surface area (Å²) < 4.78 is 0. The fourth-order valence-corrected chi connectivity index (χ4v) is 1.60. The van der Waals surface area contributed by atoms with Crippen molar-refractivity contribution in [1.29, 1.82) is 0 Å². The van der Waals surface area contributed by atoms with Gasteiger partial charge in [0.05, 0.1) is 11.5 Å². The van der Waals surface area contributed by atoms with E-state index in [4.69, 9.17) is 0 Å². The molecular formula is C13H17N3O4. The van der Waals surface area contributed by atoms with Gasteiger partial charge in [-0.1, -0.05) is 0 Å². The minimum absolute atomic E-state index is 0.00498. The first-order chi connectivity index (χ1) is 9.31. The molecule has 1 N–H and O–H groups in total. The highest BCUT2D eigenvalue weighted by atomic mass is 16.6. The van der Waals surface area contributed by atoms with Gasteiger partial charge in [-0.3, -0.25) is 19.7 Å². The Hall–Kier alpha value is -2.44. The van der Waals surface area contributed by atoms with Gasteiger partial charge in [-0.15, -0.1) is 0 Å². The Kier molecular flexibility index (Phi) is 5.19. The molecule has 0 heterocycles. The maximum Gasteiger partial charge on any atom is 0.269 e. The van der Waals surface area contributed by atoms with Gasteiger partial charge in [0, 0.05) is 30.8 Å². The molecule has 108 valence electrons. The molecule has 0 radical (unpaired) electrons. The summed E-state index contributed by atoms with van der Waals surface area (Å²) in [4.78, 5) is 34.8. The number of nitrogens with one attached hydrogen (secondary N) is 1. The number of non-ortho nitro benzene ring substituents is 1. The van der Waals surface area contributed by atoms with E-state index < -0.39 is 4.92 Å². The fourth-order valence-electron chi connectivity index (χ4n) is 1.60. The zero-order valence-corrected chi connectivity index (χ0v) is 11.6. The van der Waals surface area contributed by atoms with Crippen LogP contribution in [0.3, 0.4) is 0 Å². The third-order valence-corrected chi connectivity index (χ3v) is 2.50. The zero-order valence-electron chi connectivity index (χ0n) is 11.6. The number of benzene rings is 1. The highest BCUT2D eigenvalue weighted by Gasteiger charge is 2.16. The summed E-state index contributed by atoms with van der Waals surface area (Å²) >= 11 is 0. The molecule has 20 heavy (non-hydrogen) atoms. The number of rotatable bonds is 5. The van der Waals surface area contributed by atoms with E-state index in [1.165, 1.54) is 36.2 Å². The molecule has 0 unspecified atom stereocenters. The maximum absolute atomic E-state index is 12.0. The molecule has 0 spiro atoms. The molecule has 1 aromatic carbocycles. The first-order valence-corrected chi connectivity index (χ1v) is 6.10. The van der Waals surface area contributed by atoms with Crippen molar-refractivity contribution in [3.63, 3.8) is 0 Å². The first-order valence-electron chi connectivity index (χ1n) is 6.10. The summed E-state index contributed by atoms with van der Waals surface area (Å²) in [6.45, 7) is 3.60. The van der Waals surface area contributed by atoms with E-state index in [0.717, 1.165) is 0 Å². The minimum Gasteiger partial charge on any atom is -0.352 e. The molecule has 0 bridgehead atoms. The van der Waals surface area contributed by atoms with Gasteiger partial charge >= 0.3 is 0 Å². The lowest BCUT2D eigenvalue weighted by atomic mass is 10.2. The zero-order chi connectivity index (χ0) is 15.3. The standard InChI is InChI=1S/C13H17N3O4/c1-9(2)14-12(17)8-15(3)13(18)10-4-6-11(7-5-10)16(19)20/h4-7,9H,8H2,1-3H3,(H,14,17). The number of nitrogens with zero attached hydrogens (tertiary/aromatic N) is 2. The Labute approximate surface area is 116 Å². The van der Waals surface area contributed by atoms with Gasteiger partial charge in [0.15, 0.2) is 0 Å². The van der Waals surface area contributed by atoms with Crippen LogP contribution in [0.5, 0.6) is 0 Å².